The van der Waals surface area contributed by atoms with E-state index < -0.39 is 33.8 Å². The largest absolute Gasteiger partial charge is 0.511 e. The average Bonchev–Trinajstić information content (AvgIpc) is 2.43. The number of hydrogen-bond acceptors (Lipinski definition) is 4. The Morgan fingerprint density at radius 2 is 2.12 bits per heavy atom. The molecule has 0 aromatic rings. The first kappa shape index (κ1) is 13.7. The van der Waals surface area contributed by atoms with Crippen LogP contribution in [0.3, 0.4) is 0 Å². The van der Waals surface area contributed by atoms with Crippen molar-refractivity contribution in [3.8, 4) is 0 Å². The molecular weight excluding hydrogens is 251 g/mol. The lowest BCUT2D eigenvalue weighted by atomic mass is 9.97. The van der Waals surface area contributed by atoms with E-state index in [4.69, 9.17) is 4.74 Å². The third-order valence-electron chi connectivity index (χ3n) is 2.53. The Balaban J connectivity index is 2.65. The van der Waals surface area contributed by atoms with Crippen LogP contribution in [0.15, 0.2) is 0 Å². The Morgan fingerprint density at radius 1 is 1.56 bits per heavy atom. The van der Waals surface area contributed by atoms with Gasteiger partial charge in [0.1, 0.15) is 5.60 Å². The van der Waals surface area contributed by atoms with E-state index in [2.05, 4.69) is 0 Å². The molecule has 0 bridgehead atoms. The molecule has 1 saturated heterocycles. The molecule has 0 amide bonds. The van der Waals surface area contributed by atoms with Crippen LogP contribution >= 0.6 is 0 Å². The number of nitrogens with one attached hydrogen (secondary N) is 1. The van der Waals surface area contributed by atoms with Crippen LogP contribution in [0, 0.1) is 0 Å². The number of hydrogen-bond donors (Lipinski definition) is 2. The zero-order valence-electron chi connectivity index (χ0n) is 8.41. The van der Waals surface area contributed by atoms with E-state index in [9.17, 15) is 26.7 Å². The molecule has 0 aliphatic carbocycles. The van der Waals surface area contributed by atoms with Crippen LogP contribution < -0.4 is 4.72 Å². The van der Waals surface area contributed by atoms with E-state index in [0.717, 1.165) is 0 Å². The van der Waals surface area contributed by atoms with E-state index in [1.54, 1.807) is 0 Å². The second-order valence-electron chi connectivity index (χ2n) is 3.64. The maximum Gasteiger partial charge on any atom is 0.511 e. The van der Waals surface area contributed by atoms with Gasteiger partial charge in [-0.05, 0) is 6.92 Å². The van der Waals surface area contributed by atoms with Gasteiger partial charge in [-0.25, -0.2) is 13.1 Å². The Kier molecular flexibility index (Phi) is 3.53. The molecule has 0 saturated carbocycles. The zero-order valence-corrected chi connectivity index (χ0v) is 9.23. The van der Waals surface area contributed by atoms with Crippen molar-refractivity contribution in [2.75, 3.05) is 13.2 Å². The Labute approximate surface area is 90.6 Å². The van der Waals surface area contributed by atoms with E-state index in [0.29, 0.717) is 0 Å². The van der Waals surface area contributed by atoms with Crippen molar-refractivity contribution in [1.82, 2.24) is 4.72 Å². The van der Waals surface area contributed by atoms with Crippen molar-refractivity contribution in [1.29, 1.82) is 0 Å². The molecule has 1 fully saturated rings. The molecule has 1 aliphatic heterocycles. The molecule has 5 nitrogen and oxygen atoms in total. The van der Waals surface area contributed by atoms with Gasteiger partial charge in [0.2, 0.25) is 0 Å². The number of halogens is 3. The highest BCUT2D eigenvalue weighted by Crippen LogP contribution is 2.27. The minimum atomic E-state index is -5.41. The summed E-state index contributed by atoms with van der Waals surface area (Å²) in [6.45, 7) is 0.941. The molecule has 1 aliphatic rings. The summed E-state index contributed by atoms with van der Waals surface area (Å²) in [5, 5.41) is 9.77. The topological polar surface area (TPSA) is 75.6 Å². The van der Waals surface area contributed by atoms with E-state index >= 15 is 0 Å². The molecule has 0 radical (unpaired) electrons. The van der Waals surface area contributed by atoms with Gasteiger partial charge < -0.3 is 9.84 Å². The quantitative estimate of drug-likeness (QED) is 0.749. The average molecular weight is 263 g/mol. The van der Waals surface area contributed by atoms with Crippen molar-refractivity contribution in [2.45, 2.75) is 30.6 Å². The smallest absolute Gasteiger partial charge is 0.386 e. The second-order valence-corrected chi connectivity index (χ2v) is 5.40. The fourth-order valence-electron chi connectivity index (χ4n) is 1.30. The minimum absolute atomic E-state index is 0.0918. The van der Waals surface area contributed by atoms with Gasteiger partial charge in [0.25, 0.3) is 0 Å². The number of ether oxygens (including phenoxy) is 1. The molecule has 9 heteroatoms. The first-order valence-electron chi connectivity index (χ1n) is 4.48. The SMILES string of the molecule is CC1OCCC1(O)CNS(=O)(=O)C(F)(F)F. The predicted molar refractivity (Wildman–Crippen MR) is 48.0 cm³/mol. The Hall–Kier alpha value is -0.380. The third-order valence-corrected chi connectivity index (χ3v) is 3.67. The van der Waals surface area contributed by atoms with Crippen molar-refractivity contribution >= 4 is 10.0 Å². The van der Waals surface area contributed by atoms with Gasteiger partial charge in [0.15, 0.2) is 0 Å². The molecule has 16 heavy (non-hydrogen) atoms. The van der Waals surface area contributed by atoms with Crippen LogP contribution in [0.2, 0.25) is 0 Å². The fourth-order valence-corrected chi connectivity index (χ4v) is 1.91. The highest BCUT2D eigenvalue weighted by molar-refractivity contribution is 7.90. The molecular formula is C7H12F3NO4S. The molecule has 2 N–H and O–H groups in total. The van der Waals surface area contributed by atoms with Crippen LogP contribution in [0.4, 0.5) is 13.2 Å². The minimum Gasteiger partial charge on any atom is -0.386 e. The summed E-state index contributed by atoms with van der Waals surface area (Å²) in [5.41, 5.74) is -6.95. The highest BCUT2D eigenvalue weighted by Gasteiger charge is 2.48. The van der Waals surface area contributed by atoms with Gasteiger partial charge in [-0.2, -0.15) is 13.2 Å². The summed E-state index contributed by atoms with van der Waals surface area (Å²) in [6, 6.07) is 0. The summed E-state index contributed by atoms with van der Waals surface area (Å²) in [7, 11) is -5.41. The molecule has 0 spiro atoms. The molecule has 1 heterocycles. The van der Waals surface area contributed by atoms with E-state index in [1.807, 2.05) is 0 Å². The summed E-state index contributed by atoms with van der Waals surface area (Å²) < 4.78 is 63.5. The lowest BCUT2D eigenvalue weighted by Gasteiger charge is -2.26. The van der Waals surface area contributed by atoms with Crippen molar-refractivity contribution in [2.24, 2.45) is 0 Å². The van der Waals surface area contributed by atoms with Gasteiger partial charge >= 0.3 is 15.5 Å². The Bertz CT molecular complexity index is 355. The van der Waals surface area contributed by atoms with Crippen LogP contribution in [0.1, 0.15) is 13.3 Å². The molecule has 0 aromatic heterocycles. The Morgan fingerprint density at radius 3 is 2.50 bits per heavy atom. The summed E-state index contributed by atoms with van der Waals surface area (Å²) >= 11 is 0. The molecule has 1 rings (SSSR count). The van der Waals surface area contributed by atoms with Gasteiger partial charge in [0, 0.05) is 19.6 Å². The predicted octanol–water partition coefficient (Wildman–Crippen LogP) is -0.0345. The van der Waals surface area contributed by atoms with E-state index in [-0.39, 0.29) is 13.0 Å². The first-order chi connectivity index (χ1) is 7.08. The lowest BCUT2D eigenvalue weighted by Crippen LogP contribution is -2.50. The number of aliphatic hydroxyl groups is 1. The highest BCUT2D eigenvalue weighted by atomic mass is 32.2. The van der Waals surface area contributed by atoms with Crippen LogP contribution in [-0.2, 0) is 14.8 Å². The van der Waals surface area contributed by atoms with Crippen LogP contribution in [-0.4, -0.2) is 43.9 Å². The van der Waals surface area contributed by atoms with Crippen molar-refractivity contribution in [3.05, 3.63) is 0 Å². The van der Waals surface area contributed by atoms with Crippen LogP contribution in [0.5, 0.6) is 0 Å². The standard InChI is InChI=1S/C7H12F3NO4S/c1-5-6(12,2-3-15-5)4-11-16(13,14)7(8,9)10/h5,11-12H,2-4H2,1H3. The fraction of sp³-hybridized carbons (Fsp3) is 1.00. The zero-order chi connectivity index (χ0) is 12.6. The summed E-state index contributed by atoms with van der Waals surface area (Å²) in [5.74, 6) is 0. The molecule has 2 unspecified atom stereocenters. The maximum absolute atomic E-state index is 12.0. The normalized spacial score (nSPS) is 31.9. The molecule has 96 valence electrons. The van der Waals surface area contributed by atoms with Crippen molar-refractivity contribution < 1.29 is 31.4 Å². The maximum atomic E-state index is 12.0. The number of alkyl halides is 3. The lowest BCUT2D eigenvalue weighted by molar-refractivity contribution is -0.0476. The number of rotatable bonds is 3. The van der Waals surface area contributed by atoms with Crippen LogP contribution in [0.25, 0.3) is 0 Å². The summed E-state index contributed by atoms with van der Waals surface area (Å²) in [6.07, 6.45) is -0.613. The number of sulfonamides is 1. The monoisotopic (exact) mass is 263 g/mol. The van der Waals surface area contributed by atoms with Gasteiger partial charge in [-0.3, -0.25) is 0 Å². The summed E-state index contributed by atoms with van der Waals surface area (Å²) in [4.78, 5) is 0. The third kappa shape index (κ3) is 2.65. The van der Waals surface area contributed by atoms with Crippen molar-refractivity contribution in [3.63, 3.8) is 0 Å². The van der Waals surface area contributed by atoms with E-state index in [1.165, 1.54) is 11.6 Å². The second kappa shape index (κ2) is 4.13. The van der Waals surface area contributed by atoms with Gasteiger partial charge in [0.05, 0.1) is 6.10 Å². The van der Waals surface area contributed by atoms with Gasteiger partial charge in [-0.1, -0.05) is 0 Å². The molecule has 2 atom stereocenters. The first-order valence-corrected chi connectivity index (χ1v) is 5.97. The molecule has 0 aromatic carbocycles. The van der Waals surface area contributed by atoms with Gasteiger partial charge in [-0.15, -0.1) is 0 Å².